The van der Waals surface area contributed by atoms with Crippen molar-refractivity contribution in [2.45, 2.75) is 103 Å². The van der Waals surface area contributed by atoms with Gasteiger partial charge in [-0.1, -0.05) is 39.3 Å². The minimum absolute atomic E-state index is 0.107. The Labute approximate surface area is 183 Å². The first kappa shape index (κ1) is 20.2. The molecule has 1 spiro atoms. The fourth-order valence-corrected chi connectivity index (χ4v) is 9.66. The minimum atomic E-state index is -0.294. The monoisotopic (exact) mass is 414 g/mol. The molecule has 0 aromatic carbocycles. The average molecular weight is 415 g/mol. The molecule has 0 bridgehead atoms. The lowest BCUT2D eigenvalue weighted by Crippen LogP contribution is -2.52. The molecule has 6 aliphatic rings. The number of fused-ring (bicyclic) bond motifs is 7. The zero-order valence-corrected chi connectivity index (χ0v) is 19.5. The van der Waals surface area contributed by atoms with E-state index in [0.717, 1.165) is 43.6 Å². The van der Waals surface area contributed by atoms with Crippen molar-refractivity contribution < 1.29 is 14.6 Å². The van der Waals surface area contributed by atoms with Gasteiger partial charge in [-0.05, 0) is 91.8 Å². The van der Waals surface area contributed by atoms with Gasteiger partial charge in [-0.2, -0.15) is 0 Å². The van der Waals surface area contributed by atoms with Crippen LogP contribution >= 0.6 is 0 Å². The highest BCUT2D eigenvalue weighted by molar-refractivity contribution is 5.26. The SMILES string of the molecule is CC1CC[C@@]2(OC1)O[C@H]1C[C@H]3[C@@H]4CC=C5CC(O)CC[C@]5(C)[C@H]4CC[C@]3(C)[C@H]1C2C. The van der Waals surface area contributed by atoms with Crippen LogP contribution in [0.15, 0.2) is 11.6 Å². The van der Waals surface area contributed by atoms with Gasteiger partial charge in [-0.25, -0.2) is 0 Å². The zero-order chi connectivity index (χ0) is 20.9. The van der Waals surface area contributed by atoms with Crippen LogP contribution in [0.3, 0.4) is 0 Å². The van der Waals surface area contributed by atoms with E-state index in [1.807, 2.05) is 0 Å². The van der Waals surface area contributed by atoms with Crippen LogP contribution in [0.4, 0.5) is 0 Å². The van der Waals surface area contributed by atoms with Crippen molar-refractivity contribution in [3.05, 3.63) is 11.6 Å². The molecule has 5 fully saturated rings. The van der Waals surface area contributed by atoms with E-state index >= 15 is 0 Å². The van der Waals surface area contributed by atoms with Gasteiger partial charge in [0.2, 0.25) is 0 Å². The number of hydrogen-bond acceptors (Lipinski definition) is 3. The minimum Gasteiger partial charge on any atom is -0.393 e. The summed E-state index contributed by atoms with van der Waals surface area (Å²) in [6, 6.07) is 0. The van der Waals surface area contributed by atoms with Crippen molar-refractivity contribution >= 4 is 0 Å². The largest absolute Gasteiger partial charge is 0.393 e. The molecule has 2 aliphatic heterocycles. The number of hydrogen-bond donors (Lipinski definition) is 1. The summed E-state index contributed by atoms with van der Waals surface area (Å²) < 4.78 is 13.3. The zero-order valence-electron chi connectivity index (χ0n) is 19.5. The number of aliphatic hydroxyl groups excluding tert-OH is 1. The van der Waals surface area contributed by atoms with Crippen LogP contribution in [0.1, 0.15) is 85.5 Å². The van der Waals surface area contributed by atoms with E-state index in [1.54, 1.807) is 5.57 Å². The second-order valence-electron chi connectivity index (χ2n) is 12.7. The molecule has 30 heavy (non-hydrogen) atoms. The second kappa shape index (κ2) is 6.58. The first-order valence-electron chi connectivity index (χ1n) is 13.0. The van der Waals surface area contributed by atoms with Crippen molar-refractivity contribution in [1.29, 1.82) is 0 Å². The molecule has 6 rings (SSSR count). The van der Waals surface area contributed by atoms with Gasteiger partial charge in [-0.15, -0.1) is 0 Å². The van der Waals surface area contributed by atoms with Crippen molar-refractivity contribution in [2.24, 2.45) is 46.3 Å². The fourth-order valence-electron chi connectivity index (χ4n) is 9.66. The van der Waals surface area contributed by atoms with E-state index in [9.17, 15) is 5.11 Å². The van der Waals surface area contributed by atoms with Crippen LogP contribution in [0.5, 0.6) is 0 Å². The Morgan fingerprint density at radius 1 is 1.03 bits per heavy atom. The number of ether oxygens (including phenoxy) is 2. The topological polar surface area (TPSA) is 38.7 Å². The number of rotatable bonds is 0. The highest BCUT2D eigenvalue weighted by Gasteiger charge is 2.68. The molecule has 4 aliphatic carbocycles. The molecule has 2 saturated heterocycles. The Morgan fingerprint density at radius 3 is 2.63 bits per heavy atom. The molecule has 0 aromatic heterocycles. The van der Waals surface area contributed by atoms with E-state index in [0.29, 0.717) is 34.7 Å². The molecule has 3 saturated carbocycles. The third kappa shape index (κ3) is 2.55. The van der Waals surface area contributed by atoms with Gasteiger partial charge in [0.1, 0.15) is 0 Å². The van der Waals surface area contributed by atoms with Crippen molar-refractivity contribution in [3.8, 4) is 0 Å². The molecule has 168 valence electrons. The van der Waals surface area contributed by atoms with E-state index in [1.165, 1.54) is 38.5 Å². The average Bonchev–Trinajstić information content (AvgIpc) is 3.16. The molecular formula is C27H42O3. The summed E-state index contributed by atoms with van der Waals surface area (Å²) in [6.45, 7) is 10.8. The smallest absolute Gasteiger partial charge is 0.171 e. The van der Waals surface area contributed by atoms with Gasteiger partial charge >= 0.3 is 0 Å². The van der Waals surface area contributed by atoms with Crippen LogP contribution in [-0.4, -0.2) is 29.7 Å². The highest BCUT2D eigenvalue weighted by Crippen LogP contribution is 2.70. The maximum absolute atomic E-state index is 10.3. The molecule has 3 heteroatoms. The molecule has 2 heterocycles. The third-order valence-corrected chi connectivity index (χ3v) is 11.3. The summed E-state index contributed by atoms with van der Waals surface area (Å²) in [7, 11) is 0. The Hall–Kier alpha value is -0.380. The summed E-state index contributed by atoms with van der Waals surface area (Å²) in [6.07, 6.45) is 13.5. The summed E-state index contributed by atoms with van der Waals surface area (Å²) in [5.74, 6) is 3.94. The van der Waals surface area contributed by atoms with Gasteiger partial charge < -0.3 is 14.6 Å². The highest BCUT2D eigenvalue weighted by atomic mass is 16.7. The normalized spacial score (nSPS) is 59.8. The quantitative estimate of drug-likeness (QED) is 0.516. The van der Waals surface area contributed by atoms with E-state index in [-0.39, 0.29) is 11.9 Å². The summed E-state index contributed by atoms with van der Waals surface area (Å²) >= 11 is 0. The van der Waals surface area contributed by atoms with Crippen molar-refractivity contribution in [3.63, 3.8) is 0 Å². The summed E-state index contributed by atoms with van der Waals surface area (Å²) in [4.78, 5) is 0. The van der Waals surface area contributed by atoms with Gasteiger partial charge in [-0.3, -0.25) is 0 Å². The Balaban J connectivity index is 1.28. The van der Waals surface area contributed by atoms with Crippen LogP contribution in [0, 0.1) is 46.3 Å². The molecule has 0 radical (unpaired) electrons. The fraction of sp³-hybridized carbons (Fsp3) is 0.926. The first-order valence-corrected chi connectivity index (χ1v) is 13.0. The van der Waals surface area contributed by atoms with Crippen molar-refractivity contribution in [1.82, 2.24) is 0 Å². The Morgan fingerprint density at radius 2 is 1.87 bits per heavy atom. The molecule has 1 N–H and O–H groups in total. The van der Waals surface area contributed by atoms with Gasteiger partial charge in [0.05, 0.1) is 18.8 Å². The molecular weight excluding hydrogens is 372 g/mol. The predicted molar refractivity (Wildman–Crippen MR) is 118 cm³/mol. The van der Waals surface area contributed by atoms with Crippen LogP contribution in [0.2, 0.25) is 0 Å². The van der Waals surface area contributed by atoms with Gasteiger partial charge in [0, 0.05) is 12.3 Å². The lowest BCUT2D eigenvalue weighted by Gasteiger charge is -2.58. The molecule has 3 unspecified atom stereocenters. The van der Waals surface area contributed by atoms with E-state index < -0.39 is 0 Å². The van der Waals surface area contributed by atoms with Gasteiger partial charge in [0.15, 0.2) is 5.79 Å². The van der Waals surface area contributed by atoms with Crippen LogP contribution in [-0.2, 0) is 9.47 Å². The third-order valence-electron chi connectivity index (χ3n) is 11.3. The first-order chi connectivity index (χ1) is 14.3. The lowest BCUT2D eigenvalue weighted by molar-refractivity contribution is -0.272. The maximum atomic E-state index is 10.3. The Bertz CT molecular complexity index is 736. The predicted octanol–water partition coefficient (Wildman–Crippen LogP) is 5.71. The maximum Gasteiger partial charge on any atom is 0.171 e. The molecule has 11 atom stereocenters. The Kier molecular flexibility index (Phi) is 4.44. The standard InChI is InChI=1S/C27H42O3/c1-16-7-12-27(29-15-16)17(2)24-23(30-27)14-22-20-6-5-18-13-19(28)8-10-25(18,3)21(20)9-11-26(22,24)4/h5,16-17,19-24,28H,6-15H2,1-4H3/t16?,17?,19?,20-,21+,22+,23+,24+,25+,26+,27-/m1/s1. The summed E-state index contributed by atoms with van der Waals surface area (Å²) in [5.41, 5.74) is 2.31. The molecule has 0 aromatic rings. The lowest BCUT2D eigenvalue weighted by atomic mass is 9.47. The van der Waals surface area contributed by atoms with E-state index in [4.69, 9.17) is 9.47 Å². The number of allylic oxidation sites excluding steroid dienone is 1. The van der Waals surface area contributed by atoms with Crippen molar-refractivity contribution in [2.75, 3.05) is 6.61 Å². The van der Waals surface area contributed by atoms with Gasteiger partial charge in [0.25, 0.3) is 0 Å². The van der Waals surface area contributed by atoms with Crippen LogP contribution < -0.4 is 0 Å². The van der Waals surface area contributed by atoms with Crippen LogP contribution in [0.25, 0.3) is 0 Å². The summed E-state index contributed by atoms with van der Waals surface area (Å²) in [5, 5.41) is 10.3. The molecule has 0 amide bonds. The second-order valence-corrected chi connectivity index (χ2v) is 12.7. The molecule has 3 nitrogen and oxygen atoms in total. The van der Waals surface area contributed by atoms with E-state index in [2.05, 4.69) is 33.8 Å². The number of aliphatic hydroxyl groups is 1.